The fraction of sp³-hybridized carbons (Fsp3) is 0. The van der Waals surface area contributed by atoms with Crippen molar-refractivity contribution in [2.24, 2.45) is 0 Å². The van der Waals surface area contributed by atoms with E-state index in [0.29, 0.717) is 0 Å². The van der Waals surface area contributed by atoms with Gasteiger partial charge in [-0.15, -0.1) is 0 Å². The van der Waals surface area contributed by atoms with Crippen LogP contribution in [-0.2, 0) is 0 Å². The summed E-state index contributed by atoms with van der Waals surface area (Å²) in [5.74, 6) is 0. The first-order chi connectivity index (χ1) is 9.83. The molecule has 0 aliphatic rings. The van der Waals surface area contributed by atoms with Crippen LogP contribution in [0.1, 0.15) is 0 Å². The SMILES string of the molecule is Brc1ccccc1Nc1ccc(-c2ccccc2)cc1. The van der Waals surface area contributed by atoms with E-state index in [2.05, 4.69) is 75.8 Å². The molecule has 2 heteroatoms. The van der Waals surface area contributed by atoms with Crippen LogP contribution in [0.25, 0.3) is 11.1 Å². The Hall–Kier alpha value is -2.06. The number of nitrogens with one attached hydrogen (secondary N) is 1. The summed E-state index contributed by atoms with van der Waals surface area (Å²) in [6.45, 7) is 0. The molecule has 20 heavy (non-hydrogen) atoms. The molecule has 0 spiro atoms. The summed E-state index contributed by atoms with van der Waals surface area (Å²) in [6, 6.07) is 27.0. The smallest absolute Gasteiger partial charge is 0.0528 e. The van der Waals surface area contributed by atoms with Crippen molar-refractivity contribution >= 4 is 27.3 Å². The summed E-state index contributed by atoms with van der Waals surface area (Å²) in [6.07, 6.45) is 0. The highest BCUT2D eigenvalue weighted by molar-refractivity contribution is 9.10. The third-order valence-electron chi connectivity index (χ3n) is 3.14. The zero-order valence-electron chi connectivity index (χ0n) is 10.9. The van der Waals surface area contributed by atoms with Crippen LogP contribution in [-0.4, -0.2) is 0 Å². The van der Waals surface area contributed by atoms with Crippen LogP contribution >= 0.6 is 15.9 Å². The minimum atomic E-state index is 1.06. The molecule has 0 aliphatic heterocycles. The van der Waals surface area contributed by atoms with E-state index in [4.69, 9.17) is 0 Å². The van der Waals surface area contributed by atoms with Gasteiger partial charge in [0.1, 0.15) is 0 Å². The Kier molecular flexibility index (Phi) is 3.84. The van der Waals surface area contributed by atoms with Crippen molar-refractivity contribution < 1.29 is 0 Å². The lowest BCUT2D eigenvalue weighted by atomic mass is 10.1. The second-order valence-electron chi connectivity index (χ2n) is 4.55. The van der Waals surface area contributed by atoms with Crippen molar-refractivity contribution in [2.45, 2.75) is 0 Å². The average Bonchev–Trinajstić information content (AvgIpc) is 2.51. The summed E-state index contributed by atoms with van der Waals surface area (Å²) in [5.41, 5.74) is 4.61. The first-order valence-electron chi connectivity index (χ1n) is 6.50. The lowest BCUT2D eigenvalue weighted by Gasteiger charge is -2.09. The molecular formula is C18H14BrN. The summed E-state index contributed by atoms with van der Waals surface area (Å²) in [5, 5.41) is 3.40. The predicted molar refractivity (Wildman–Crippen MR) is 89.3 cm³/mol. The fourth-order valence-corrected chi connectivity index (χ4v) is 2.48. The Balaban J connectivity index is 1.82. The van der Waals surface area contributed by atoms with Gasteiger partial charge in [0.25, 0.3) is 0 Å². The Morgan fingerprint density at radius 1 is 0.600 bits per heavy atom. The molecule has 0 aromatic heterocycles. The van der Waals surface area contributed by atoms with Crippen molar-refractivity contribution in [1.82, 2.24) is 0 Å². The third-order valence-corrected chi connectivity index (χ3v) is 3.84. The zero-order valence-corrected chi connectivity index (χ0v) is 12.5. The van der Waals surface area contributed by atoms with Gasteiger partial charge in [-0.25, -0.2) is 0 Å². The fourth-order valence-electron chi connectivity index (χ4n) is 2.09. The molecule has 1 nitrogen and oxygen atoms in total. The number of hydrogen-bond donors (Lipinski definition) is 1. The third kappa shape index (κ3) is 2.91. The standard InChI is InChI=1S/C18H14BrN/c19-17-8-4-5-9-18(17)20-16-12-10-15(11-13-16)14-6-2-1-3-7-14/h1-13,20H. The predicted octanol–water partition coefficient (Wildman–Crippen LogP) is 5.86. The Labute approximate surface area is 127 Å². The van der Waals surface area contributed by atoms with Gasteiger partial charge < -0.3 is 5.32 Å². The molecule has 0 unspecified atom stereocenters. The number of para-hydroxylation sites is 1. The van der Waals surface area contributed by atoms with Crippen molar-refractivity contribution in [3.63, 3.8) is 0 Å². The van der Waals surface area contributed by atoms with Gasteiger partial charge in [-0.2, -0.15) is 0 Å². The summed E-state index contributed by atoms with van der Waals surface area (Å²) < 4.78 is 1.06. The van der Waals surface area contributed by atoms with Crippen molar-refractivity contribution in [1.29, 1.82) is 0 Å². The van der Waals surface area contributed by atoms with Gasteiger partial charge in [-0.3, -0.25) is 0 Å². The quantitative estimate of drug-likeness (QED) is 0.636. The van der Waals surface area contributed by atoms with Crippen molar-refractivity contribution in [3.8, 4) is 11.1 Å². The second-order valence-corrected chi connectivity index (χ2v) is 5.40. The van der Waals surface area contributed by atoms with Crippen LogP contribution < -0.4 is 5.32 Å². The molecule has 3 aromatic carbocycles. The molecule has 0 amide bonds. The zero-order chi connectivity index (χ0) is 13.8. The van der Waals surface area contributed by atoms with Gasteiger partial charge in [-0.05, 0) is 51.3 Å². The van der Waals surface area contributed by atoms with Crippen molar-refractivity contribution in [3.05, 3.63) is 83.3 Å². The average molecular weight is 324 g/mol. The van der Waals surface area contributed by atoms with Gasteiger partial charge in [-0.1, -0.05) is 54.6 Å². The molecule has 1 N–H and O–H groups in total. The molecular weight excluding hydrogens is 310 g/mol. The second kappa shape index (κ2) is 5.93. The van der Waals surface area contributed by atoms with Crippen LogP contribution in [0.4, 0.5) is 11.4 Å². The van der Waals surface area contributed by atoms with Gasteiger partial charge in [0.05, 0.1) is 5.69 Å². The summed E-state index contributed by atoms with van der Waals surface area (Å²) in [7, 11) is 0. The van der Waals surface area contributed by atoms with Crippen LogP contribution in [0.15, 0.2) is 83.3 Å². The van der Waals surface area contributed by atoms with E-state index in [9.17, 15) is 0 Å². The van der Waals surface area contributed by atoms with Crippen LogP contribution in [0.3, 0.4) is 0 Å². The highest BCUT2D eigenvalue weighted by atomic mass is 79.9. The molecule has 3 rings (SSSR count). The van der Waals surface area contributed by atoms with E-state index in [1.165, 1.54) is 11.1 Å². The largest absolute Gasteiger partial charge is 0.355 e. The normalized spacial score (nSPS) is 10.2. The van der Waals surface area contributed by atoms with Gasteiger partial charge >= 0.3 is 0 Å². The van der Waals surface area contributed by atoms with Gasteiger partial charge in [0.15, 0.2) is 0 Å². The highest BCUT2D eigenvalue weighted by Gasteiger charge is 2.00. The minimum absolute atomic E-state index is 1.06. The maximum Gasteiger partial charge on any atom is 0.0528 e. The lowest BCUT2D eigenvalue weighted by molar-refractivity contribution is 1.52. The molecule has 0 heterocycles. The van der Waals surface area contributed by atoms with E-state index in [0.717, 1.165) is 15.8 Å². The highest BCUT2D eigenvalue weighted by Crippen LogP contribution is 2.27. The molecule has 0 atom stereocenters. The molecule has 0 bridgehead atoms. The number of halogens is 1. The monoisotopic (exact) mass is 323 g/mol. The van der Waals surface area contributed by atoms with Crippen LogP contribution in [0.5, 0.6) is 0 Å². The number of benzene rings is 3. The molecule has 0 saturated carbocycles. The number of hydrogen-bond acceptors (Lipinski definition) is 1. The Morgan fingerprint density at radius 3 is 1.90 bits per heavy atom. The maximum absolute atomic E-state index is 3.54. The molecule has 98 valence electrons. The summed E-state index contributed by atoms with van der Waals surface area (Å²) in [4.78, 5) is 0. The van der Waals surface area contributed by atoms with Crippen molar-refractivity contribution in [2.75, 3.05) is 5.32 Å². The molecule has 0 aliphatic carbocycles. The Bertz CT molecular complexity index is 690. The first kappa shape index (κ1) is 12.9. The van der Waals surface area contributed by atoms with Crippen LogP contribution in [0, 0.1) is 0 Å². The first-order valence-corrected chi connectivity index (χ1v) is 7.29. The van der Waals surface area contributed by atoms with Gasteiger partial charge in [0.2, 0.25) is 0 Å². The van der Waals surface area contributed by atoms with E-state index < -0.39 is 0 Å². The molecule has 0 radical (unpaired) electrons. The topological polar surface area (TPSA) is 12.0 Å². The van der Waals surface area contributed by atoms with E-state index in [1.54, 1.807) is 0 Å². The maximum atomic E-state index is 3.54. The number of anilines is 2. The lowest BCUT2D eigenvalue weighted by Crippen LogP contribution is -1.90. The molecule has 0 saturated heterocycles. The number of rotatable bonds is 3. The molecule has 3 aromatic rings. The van der Waals surface area contributed by atoms with E-state index >= 15 is 0 Å². The van der Waals surface area contributed by atoms with E-state index in [1.807, 2.05) is 24.3 Å². The van der Waals surface area contributed by atoms with E-state index in [-0.39, 0.29) is 0 Å². The summed E-state index contributed by atoms with van der Waals surface area (Å²) >= 11 is 3.54. The van der Waals surface area contributed by atoms with Crippen LogP contribution in [0.2, 0.25) is 0 Å². The Morgan fingerprint density at radius 2 is 1.20 bits per heavy atom. The minimum Gasteiger partial charge on any atom is -0.355 e. The molecule has 0 fully saturated rings. The van der Waals surface area contributed by atoms with Gasteiger partial charge in [0, 0.05) is 10.2 Å².